The molecule has 138 valence electrons. The average molecular weight is 355 g/mol. The Bertz CT molecular complexity index is 705. The van der Waals surface area contributed by atoms with E-state index in [0.29, 0.717) is 19.8 Å². The summed E-state index contributed by atoms with van der Waals surface area (Å²) in [4.78, 5) is 12.6. The summed E-state index contributed by atoms with van der Waals surface area (Å²) >= 11 is 0. The summed E-state index contributed by atoms with van der Waals surface area (Å²) in [5.41, 5.74) is 2.08. The van der Waals surface area contributed by atoms with Gasteiger partial charge in [0, 0.05) is 32.3 Å². The fourth-order valence-electron chi connectivity index (χ4n) is 3.95. The molecule has 0 aliphatic carbocycles. The molecule has 1 amide bonds. The zero-order chi connectivity index (χ0) is 17.9. The number of amides is 1. The van der Waals surface area contributed by atoms with Crippen molar-refractivity contribution < 1.29 is 9.53 Å². The van der Waals surface area contributed by atoms with E-state index in [1.807, 2.05) is 41.5 Å². The van der Waals surface area contributed by atoms with Crippen molar-refractivity contribution in [2.24, 2.45) is 16.1 Å². The topological polar surface area (TPSA) is 69.5 Å². The van der Waals surface area contributed by atoms with E-state index in [2.05, 4.69) is 22.6 Å². The van der Waals surface area contributed by atoms with E-state index in [-0.39, 0.29) is 30.5 Å². The first-order chi connectivity index (χ1) is 12.7. The minimum atomic E-state index is 0.00480. The van der Waals surface area contributed by atoms with Gasteiger partial charge in [0.05, 0.1) is 24.4 Å². The van der Waals surface area contributed by atoms with E-state index in [1.165, 1.54) is 0 Å². The maximum absolute atomic E-state index is 12.6. The third-order valence-electron chi connectivity index (χ3n) is 5.18. The molecule has 3 aliphatic rings. The number of benzene rings is 1. The van der Waals surface area contributed by atoms with E-state index in [1.54, 1.807) is 0 Å². The minimum absolute atomic E-state index is 0.00480. The third-order valence-corrected chi connectivity index (χ3v) is 5.18. The first-order valence-electron chi connectivity index (χ1n) is 9.22. The predicted octanol–water partition coefficient (Wildman–Crippen LogP) is 1.24. The van der Waals surface area contributed by atoms with Gasteiger partial charge in [-0.05, 0) is 18.4 Å². The van der Waals surface area contributed by atoms with Gasteiger partial charge in [0.25, 0.3) is 0 Å². The second kappa shape index (κ2) is 7.45. The molecule has 0 radical (unpaired) electrons. The van der Waals surface area contributed by atoms with E-state index in [9.17, 15) is 4.79 Å². The summed E-state index contributed by atoms with van der Waals surface area (Å²) in [5.74, 6) is 0.252. The van der Waals surface area contributed by atoms with Crippen LogP contribution in [0.15, 0.2) is 40.5 Å². The number of carbonyl (C=O) groups is 1. The van der Waals surface area contributed by atoms with E-state index < -0.39 is 0 Å². The standard InChI is InChI=1S/C19H25N5O2/c1-23-19-15(10-20-23)11-24-12-18(25)21-16(14-6-3-2-4-7-14)8-5-9-26-13-17(19)22-24/h2-4,6-7,10,15-16,19H,5,8-9,11-13H2,1H3,(H,21,25). The Morgan fingerprint density at radius 1 is 1.27 bits per heavy atom. The van der Waals surface area contributed by atoms with Crippen molar-refractivity contribution in [3.63, 3.8) is 0 Å². The number of hydrogen-bond donors (Lipinski definition) is 1. The Morgan fingerprint density at radius 2 is 2.12 bits per heavy atom. The third kappa shape index (κ3) is 3.58. The number of nitrogens with zero attached hydrogens (tertiary/aromatic N) is 4. The molecule has 7 nitrogen and oxygen atoms in total. The second-order valence-electron chi connectivity index (χ2n) is 7.11. The highest BCUT2D eigenvalue weighted by Gasteiger charge is 2.38. The van der Waals surface area contributed by atoms with Crippen LogP contribution in [0, 0.1) is 5.92 Å². The fourth-order valence-corrected chi connectivity index (χ4v) is 3.95. The molecule has 0 fully saturated rings. The van der Waals surface area contributed by atoms with Crippen LogP contribution in [-0.2, 0) is 9.53 Å². The van der Waals surface area contributed by atoms with Crippen LogP contribution in [-0.4, -0.2) is 67.2 Å². The van der Waals surface area contributed by atoms with Crippen LogP contribution < -0.4 is 5.32 Å². The van der Waals surface area contributed by atoms with E-state index >= 15 is 0 Å². The lowest BCUT2D eigenvalue weighted by Crippen LogP contribution is -2.50. The lowest BCUT2D eigenvalue weighted by atomic mass is 9.95. The van der Waals surface area contributed by atoms with Gasteiger partial charge in [-0.1, -0.05) is 30.3 Å². The first kappa shape index (κ1) is 17.0. The summed E-state index contributed by atoms with van der Waals surface area (Å²) in [6, 6.07) is 10.3. The molecule has 1 N–H and O–H groups in total. The Labute approximate surface area is 153 Å². The Hall–Kier alpha value is -2.41. The number of hydrogen-bond acceptors (Lipinski definition) is 6. The van der Waals surface area contributed by atoms with Gasteiger partial charge in [-0.2, -0.15) is 10.2 Å². The van der Waals surface area contributed by atoms with Gasteiger partial charge in [0.2, 0.25) is 5.91 Å². The smallest absolute Gasteiger partial charge is 0.241 e. The van der Waals surface area contributed by atoms with Gasteiger partial charge in [-0.3, -0.25) is 14.8 Å². The molecule has 1 aromatic carbocycles. The molecule has 0 saturated heterocycles. The van der Waals surface area contributed by atoms with Gasteiger partial charge >= 0.3 is 0 Å². The van der Waals surface area contributed by atoms with Crippen LogP contribution in [0.4, 0.5) is 0 Å². The molecular formula is C19H25N5O2. The Kier molecular flexibility index (Phi) is 4.88. The molecule has 0 aromatic heterocycles. The summed E-state index contributed by atoms with van der Waals surface area (Å²) in [5, 5.41) is 16.1. The SMILES string of the molecule is CN1N=CC2CN3CC(=O)NC(c4ccccc4)CCCOCC(=N3)C21. The van der Waals surface area contributed by atoms with Crippen LogP contribution in [0.1, 0.15) is 24.4 Å². The van der Waals surface area contributed by atoms with Gasteiger partial charge in [-0.15, -0.1) is 0 Å². The van der Waals surface area contributed by atoms with Gasteiger partial charge in [-0.25, -0.2) is 0 Å². The van der Waals surface area contributed by atoms with Crippen molar-refractivity contribution in [1.29, 1.82) is 0 Å². The molecule has 3 unspecified atom stereocenters. The average Bonchev–Trinajstić information content (AvgIpc) is 3.01. The monoisotopic (exact) mass is 355 g/mol. The maximum Gasteiger partial charge on any atom is 0.241 e. The number of carbonyl (C=O) groups excluding carboxylic acids is 1. The highest BCUT2D eigenvalue weighted by molar-refractivity contribution is 5.95. The number of rotatable bonds is 1. The van der Waals surface area contributed by atoms with Crippen molar-refractivity contribution in [3.8, 4) is 0 Å². The zero-order valence-corrected chi connectivity index (χ0v) is 15.0. The predicted molar refractivity (Wildman–Crippen MR) is 99.9 cm³/mol. The van der Waals surface area contributed by atoms with E-state index in [4.69, 9.17) is 9.84 Å². The molecular weight excluding hydrogens is 330 g/mol. The number of ether oxygens (including phenoxy) is 1. The summed E-state index contributed by atoms with van der Waals surface area (Å²) in [7, 11) is 1.96. The largest absolute Gasteiger partial charge is 0.375 e. The lowest BCUT2D eigenvalue weighted by molar-refractivity contribution is -0.123. The fraction of sp³-hybridized carbons (Fsp3) is 0.526. The van der Waals surface area contributed by atoms with Crippen molar-refractivity contribution in [2.45, 2.75) is 24.9 Å². The van der Waals surface area contributed by atoms with Crippen LogP contribution in [0.25, 0.3) is 0 Å². The Balaban J connectivity index is 1.52. The van der Waals surface area contributed by atoms with Crippen molar-refractivity contribution >= 4 is 17.8 Å². The van der Waals surface area contributed by atoms with Crippen molar-refractivity contribution in [2.75, 3.05) is 33.4 Å². The molecule has 26 heavy (non-hydrogen) atoms. The number of hydrazone groups is 2. The molecule has 3 atom stereocenters. The van der Waals surface area contributed by atoms with Gasteiger partial charge in [0.15, 0.2) is 0 Å². The lowest BCUT2D eigenvalue weighted by Gasteiger charge is -2.35. The highest BCUT2D eigenvalue weighted by Crippen LogP contribution is 2.24. The summed E-state index contributed by atoms with van der Waals surface area (Å²) < 4.78 is 5.91. The van der Waals surface area contributed by atoms with Crippen molar-refractivity contribution in [3.05, 3.63) is 35.9 Å². The normalized spacial score (nSPS) is 29.3. The molecule has 3 heterocycles. The highest BCUT2D eigenvalue weighted by atomic mass is 16.5. The van der Waals surface area contributed by atoms with Crippen LogP contribution in [0.3, 0.4) is 0 Å². The quantitative estimate of drug-likeness (QED) is 0.823. The number of fused-ring (bicyclic) bond motifs is 3. The molecule has 7 heteroatoms. The minimum Gasteiger partial charge on any atom is -0.375 e. The molecule has 0 saturated carbocycles. The number of nitrogens with one attached hydrogen (secondary N) is 1. The Morgan fingerprint density at radius 3 is 2.96 bits per heavy atom. The second-order valence-corrected chi connectivity index (χ2v) is 7.11. The summed E-state index contributed by atoms with van der Waals surface area (Å²) in [6.07, 6.45) is 3.71. The van der Waals surface area contributed by atoms with E-state index in [0.717, 1.165) is 24.1 Å². The summed E-state index contributed by atoms with van der Waals surface area (Å²) in [6.45, 7) is 2.10. The van der Waals surface area contributed by atoms with Crippen LogP contribution in [0.5, 0.6) is 0 Å². The molecule has 4 rings (SSSR count). The van der Waals surface area contributed by atoms with Crippen LogP contribution >= 0.6 is 0 Å². The zero-order valence-electron chi connectivity index (χ0n) is 15.0. The first-order valence-corrected chi connectivity index (χ1v) is 9.22. The molecule has 2 bridgehead atoms. The van der Waals surface area contributed by atoms with Gasteiger partial charge < -0.3 is 10.1 Å². The maximum atomic E-state index is 12.6. The molecule has 1 aromatic rings. The van der Waals surface area contributed by atoms with Crippen molar-refractivity contribution in [1.82, 2.24) is 15.3 Å². The molecule has 0 spiro atoms. The van der Waals surface area contributed by atoms with Crippen LogP contribution in [0.2, 0.25) is 0 Å². The molecule has 3 aliphatic heterocycles. The van der Waals surface area contributed by atoms with Gasteiger partial charge in [0.1, 0.15) is 6.54 Å².